The second-order valence-corrected chi connectivity index (χ2v) is 9.12. The highest BCUT2D eigenvalue weighted by atomic mass is 16.3. The van der Waals surface area contributed by atoms with Gasteiger partial charge in [-0.15, -0.1) is 5.10 Å². The average Bonchev–Trinajstić information content (AvgIpc) is 3.45. The molecule has 0 spiro atoms. The molecule has 1 aromatic carbocycles. The number of benzene rings is 1. The molecule has 5 rings (SSSR count). The lowest BCUT2D eigenvalue weighted by atomic mass is 9.98. The molecule has 1 saturated carbocycles. The van der Waals surface area contributed by atoms with E-state index in [-0.39, 0.29) is 23.7 Å². The number of nitrogens with zero attached hydrogens (tertiary/aromatic N) is 5. The van der Waals surface area contributed by atoms with Crippen molar-refractivity contribution in [3.8, 4) is 0 Å². The van der Waals surface area contributed by atoms with Crippen LogP contribution in [0.1, 0.15) is 73.1 Å². The minimum atomic E-state index is -0.335. The number of pyridine rings is 1. The summed E-state index contributed by atoms with van der Waals surface area (Å²) in [5.41, 5.74) is 3.70. The maximum atomic E-state index is 13.4. The number of hydrogen-bond acceptors (Lipinski definition) is 6. The minimum absolute atomic E-state index is 0.0988. The number of tetrazole rings is 1. The number of likely N-dealkylation sites (tertiary alicyclic amines) is 1. The van der Waals surface area contributed by atoms with E-state index in [0.29, 0.717) is 31.5 Å². The molecule has 1 atom stereocenters. The number of aryl methyl sites for hydroxylation is 2. The summed E-state index contributed by atoms with van der Waals surface area (Å²) in [5.74, 6) is 0.733. The molecule has 1 saturated heterocycles. The molecule has 0 radical (unpaired) electrons. The molecule has 8 nitrogen and oxygen atoms in total. The van der Waals surface area contributed by atoms with E-state index in [9.17, 15) is 9.90 Å². The molecule has 164 valence electrons. The molecule has 3 aromatic rings. The lowest BCUT2D eigenvalue weighted by molar-refractivity contribution is 0.0654. The zero-order chi connectivity index (χ0) is 21.5. The van der Waals surface area contributed by atoms with Gasteiger partial charge in [-0.25, -0.2) is 4.68 Å². The van der Waals surface area contributed by atoms with Crippen molar-refractivity contribution >= 4 is 10.9 Å². The van der Waals surface area contributed by atoms with Gasteiger partial charge in [-0.1, -0.05) is 25.0 Å². The molecule has 0 bridgehead atoms. The monoisotopic (exact) mass is 422 g/mol. The molecule has 1 aliphatic carbocycles. The fourth-order valence-corrected chi connectivity index (χ4v) is 5.18. The molecule has 2 aliphatic rings. The summed E-state index contributed by atoms with van der Waals surface area (Å²) < 4.78 is 1.95. The van der Waals surface area contributed by atoms with Crippen molar-refractivity contribution in [2.75, 3.05) is 13.1 Å². The largest absolute Gasteiger partial charge is 0.393 e. The summed E-state index contributed by atoms with van der Waals surface area (Å²) in [6.45, 7) is 5.50. The lowest BCUT2D eigenvalue weighted by Crippen LogP contribution is -2.42. The van der Waals surface area contributed by atoms with Crippen LogP contribution in [0.5, 0.6) is 0 Å². The van der Waals surface area contributed by atoms with E-state index >= 15 is 0 Å². The number of aromatic nitrogens is 5. The van der Waals surface area contributed by atoms with Gasteiger partial charge in [-0.05, 0) is 72.5 Å². The van der Waals surface area contributed by atoms with Crippen molar-refractivity contribution in [1.82, 2.24) is 30.1 Å². The fraction of sp³-hybridized carbons (Fsp3) is 0.565. The first-order valence-electron chi connectivity index (χ1n) is 11.4. The van der Waals surface area contributed by atoms with Crippen molar-refractivity contribution in [1.29, 1.82) is 0 Å². The Kier molecular flexibility index (Phi) is 5.35. The third kappa shape index (κ3) is 3.68. The van der Waals surface area contributed by atoms with Crippen LogP contribution in [0, 0.1) is 13.8 Å². The highest BCUT2D eigenvalue weighted by molar-refractivity contribution is 5.83. The summed E-state index contributed by atoms with van der Waals surface area (Å²) in [6.07, 6.45) is 5.57. The Hall–Kier alpha value is -2.58. The number of aliphatic hydroxyl groups excluding tert-OH is 1. The molecule has 2 aromatic heterocycles. The highest BCUT2D eigenvalue weighted by Crippen LogP contribution is 2.35. The van der Waals surface area contributed by atoms with Crippen LogP contribution in [-0.2, 0) is 0 Å². The highest BCUT2D eigenvalue weighted by Gasteiger charge is 2.34. The van der Waals surface area contributed by atoms with Crippen LogP contribution in [0.15, 0.2) is 23.0 Å². The standard InChI is InChI=1S/C23H30N6O2/c1-14-7-8-16-13-19(23(31)24-20(16)15(14)2)21(28-11-9-18(30)10-12-28)22-25-26-27-29(22)17-5-3-4-6-17/h7-8,13,17-18,21,30H,3-6,9-12H2,1-2H3,(H,24,31)/t21-/m1/s1. The fourth-order valence-electron chi connectivity index (χ4n) is 5.18. The summed E-state index contributed by atoms with van der Waals surface area (Å²) in [5, 5.41) is 23.8. The van der Waals surface area contributed by atoms with Gasteiger partial charge in [0.2, 0.25) is 0 Å². The van der Waals surface area contributed by atoms with Gasteiger partial charge in [0.05, 0.1) is 17.7 Å². The van der Waals surface area contributed by atoms with Gasteiger partial charge in [0, 0.05) is 18.7 Å². The van der Waals surface area contributed by atoms with Gasteiger partial charge in [-0.3, -0.25) is 9.69 Å². The third-order valence-electron chi connectivity index (χ3n) is 7.17. The molecule has 2 fully saturated rings. The number of aliphatic hydroxyl groups is 1. The summed E-state index contributed by atoms with van der Waals surface area (Å²) in [7, 11) is 0. The second kappa shape index (κ2) is 8.16. The molecule has 31 heavy (non-hydrogen) atoms. The van der Waals surface area contributed by atoms with Gasteiger partial charge in [0.1, 0.15) is 6.04 Å². The first-order chi connectivity index (χ1) is 15.0. The van der Waals surface area contributed by atoms with Crippen LogP contribution >= 0.6 is 0 Å². The Morgan fingerprint density at radius 2 is 1.87 bits per heavy atom. The van der Waals surface area contributed by atoms with E-state index in [2.05, 4.69) is 44.5 Å². The number of H-pyrrole nitrogens is 1. The van der Waals surface area contributed by atoms with Crippen molar-refractivity contribution < 1.29 is 5.11 Å². The predicted molar refractivity (Wildman–Crippen MR) is 118 cm³/mol. The number of nitrogens with one attached hydrogen (secondary N) is 1. The molecule has 8 heteroatoms. The van der Waals surface area contributed by atoms with Crippen LogP contribution in [-0.4, -0.2) is 54.4 Å². The van der Waals surface area contributed by atoms with Crippen molar-refractivity contribution in [2.24, 2.45) is 0 Å². The topological polar surface area (TPSA) is 99.9 Å². The first kappa shape index (κ1) is 20.3. The van der Waals surface area contributed by atoms with E-state index in [1.165, 1.54) is 12.8 Å². The van der Waals surface area contributed by atoms with Crippen LogP contribution in [0.2, 0.25) is 0 Å². The van der Waals surface area contributed by atoms with E-state index in [0.717, 1.165) is 40.7 Å². The van der Waals surface area contributed by atoms with E-state index in [4.69, 9.17) is 0 Å². The smallest absolute Gasteiger partial charge is 0.253 e. The average molecular weight is 423 g/mol. The van der Waals surface area contributed by atoms with Crippen molar-refractivity contribution in [3.05, 3.63) is 51.1 Å². The predicted octanol–water partition coefficient (Wildman–Crippen LogP) is 2.79. The third-order valence-corrected chi connectivity index (χ3v) is 7.17. The maximum Gasteiger partial charge on any atom is 0.253 e. The minimum Gasteiger partial charge on any atom is -0.393 e. The zero-order valence-electron chi connectivity index (χ0n) is 18.2. The Morgan fingerprint density at radius 1 is 1.13 bits per heavy atom. The Bertz CT molecular complexity index is 1140. The van der Waals surface area contributed by atoms with Crippen LogP contribution in [0.3, 0.4) is 0 Å². The number of piperidine rings is 1. The molecule has 0 unspecified atom stereocenters. The number of hydrogen-bond donors (Lipinski definition) is 2. The number of aromatic amines is 1. The maximum absolute atomic E-state index is 13.4. The van der Waals surface area contributed by atoms with Gasteiger partial charge >= 0.3 is 0 Å². The quantitative estimate of drug-likeness (QED) is 0.671. The van der Waals surface area contributed by atoms with Gasteiger partial charge in [0.25, 0.3) is 5.56 Å². The summed E-state index contributed by atoms with van der Waals surface area (Å²) >= 11 is 0. The number of rotatable bonds is 4. The van der Waals surface area contributed by atoms with Crippen molar-refractivity contribution in [3.63, 3.8) is 0 Å². The second-order valence-electron chi connectivity index (χ2n) is 9.12. The molecular weight excluding hydrogens is 392 g/mol. The Balaban J connectivity index is 1.65. The SMILES string of the molecule is Cc1ccc2cc([C@H](c3nnnn3C3CCCC3)N3CCC(O)CC3)c(=O)[nH]c2c1C. The molecule has 0 amide bonds. The van der Waals surface area contributed by atoms with E-state index in [1.807, 2.05) is 17.7 Å². The molecule has 2 N–H and O–H groups in total. The molecule has 3 heterocycles. The zero-order valence-corrected chi connectivity index (χ0v) is 18.2. The van der Waals surface area contributed by atoms with Gasteiger partial charge in [-0.2, -0.15) is 0 Å². The number of fused-ring (bicyclic) bond motifs is 1. The van der Waals surface area contributed by atoms with Crippen molar-refractivity contribution in [2.45, 2.75) is 70.6 Å². The normalized spacial score (nSPS) is 20.0. The Labute approximate surface area is 181 Å². The lowest BCUT2D eigenvalue weighted by Gasteiger charge is -2.35. The molecular formula is C23H30N6O2. The summed E-state index contributed by atoms with van der Waals surface area (Å²) in [6, 6.07) is 6.11. The van der Waals surface area contributed by atoms with Crippen LogP contribution in [0.4, 0.5) is 0 Å². The van der Waals surface area contributed by atoms with Gasteiger partial charge < -0.3 is 10.1 Å². The summed E-state index contributed by atoms with van der Waals surface area (Å²) in [4.78, 5) is 18.8. The Morgan fingerprint density at radius 3 is 2.61 bits per heavy atom. The molecule has 1 aliphatic heterocycles. The van der Waals surface area contributed by atoms with E-state index in [1.54, 1.807) is 0 Å². The van der Waals surface area contributed by atoms with Crippen LogP contribution in [0.25, 0.3) is 10.9 Å². The van der Waals surface area contributed by atoms with Gasteiger partial charge in [0.15, 0.2) is 5.82 Å². The van der Waals surface area contributed by atoms with E-state index < -0.39 is 0 Å². The first-order valence-corrected chi connectivity index (χ1v) is 11.4. The van der Waals surface area contributed by atoms with Crippen LogP contribution < -0.4 is 5.56 Å².